The van der Waals surface area contributed by atoms with Gasteiger partial charge in [0.05, 0.1) is 19.7 Å². The molecule has 3 aromatic rings. The van der Waals surface area contributed by atoms with E-state index in [1.807, 2.05) is 50.4 Å². The number of nitrogens with one attached hydrogen (secondary N) is 2. The molecule has 49 heavy (non-hydrogen) atoms. The number of alkyl carbamates (subject to hydrolysis) is 1. The second kappa shape index (κ2) is 18.2. The van der Waals surface area contributed by atoms with Gasteiger partial charge in [-0.15, -0.1) is 0 Å². The molecule has 5 rings (SSSR count). The Morgan fingerprint density at radius 1 is 1.08 bits per heavy atom. The van der Waals surface area contributed by atoms with Crippen molar-refractivity contribution in [2.45, 2.75) is 76.9 Å². The average Bonchev–Trinajstić information content (AvgIpc) is 3.89. The first kappa shape index (κ1) is 37.2. The summed E-state index contributed by atoms with van der Waals surface area (Å²) >= 11 is 0. The summed E-state index contributed by atoms with van der Waals surface area (Å²) in [6.07, 6.45) is 16.5. The van der Waals surface area contributed by atoms with E-state index >= 15 is 0 Å². The summed E-state index contributed by atoms with van der Waals surface area (Å²) in [6, 6.07) is 13.7. The fourth-order valence-corrected chi connectivity index (χ4v) is 6.46. The molecule has 1 fully saturated rings. The van der Waals surface area contributed by atoms with E-state index in [1.165, 1.54) is 5.57 Å². The zero-order valence-electron chi connectivity index (χ0n) is 29.6. The predicted molar refractivity (Wildman–Crippen MR) is 194 cm³/mol. The van der Waals surface area contributed by atoms with Crippen LogP contribution in [0.25, 0.3) is 10.9 Å². The van der Waals surface area contributed by atoms with Crippen molar-refractivity contribution in [2.75, 3.05) is 27.8 Å². The normalized spacial score (nSPS) is 16.9. The Bertz CT molecular complexity index is 1630. The molecule has 1 heterocycles. The Morgan fingerprint density at radius 2 is 1.86 bits per heavy atom. The molecule has 0 spiro atoms. The van der Waals surface area contributed by atoms with Gasteiger partial charge in [0.1, 0.15) is 36.4 Å². The van der Waals surface area contributed by atoms with Crippen LogP contribution in [-0.2, 0) is 16.1 Å². The first-order valence-electron chi connectivity index (χ1n) is 17.1. The van der Waals surface area contributed by atoms with Gasteiger partial charge in [-0.3, -0.25) is 4.98 Å². The number of ether oxygens (including phenoxy) is 4. The molecular weight excluding hydrogens is 618 g/mol. The minimum absolute atomic E-state index is 0.165. The van der Waals surface area contributed by atoms with E-state index in [0.717, 1.165) is 96.5 Å². The lowest BCUT2D eigenvalue weighted by molar-refractivity contribution is -0.0980. The van der Waals surface area contributed by atoms with Crippen LogP contribution in [-0.4, -0.2) is 51.2 Å². The molecule has 2 unspecified atom stereocenters. The smallest absolute Gasteiger partial charge is 0.407 e. The quantitative estimate of drug-likeness (QED) is 0.147. The summed E-state index contributed by atoms with van der Waals surface area (Å²) in [5.41, 5.74) is 3.98. The molecule has 2 aliphatic carbocycles. The number of amides is 1. The van der Waals surface area contributed by atoms with Crippen LogP contribution in [0, 0.1) is 5.92 Å². The van der Waals surface area contributed by atoms with Gasteiger partial charge < -0.3 is 34.4 Å². The third-order valence-corrected chi connectivity index (χ3v) is 9.15. The number of nitrogens with zero attached hydrogens (tertiary/aromatic N) is 1. The topological polar surface area (TPSA) is 108 Å². The Kier molecular flexibility index (Phi) is 13.8. The van der Waals surface area contributed by atoms with Crippen LogP contribution in [0.1, 0.15) is 75.8 Å². The Labute approximate surface area is 290 Å². The van der Waals surface area contributed by atoms with Crippen LogP contribution in [0.15, 0.2) is 84.3 Å². The molecule has 2 aliphatic rings. The molecule has 9 heteroatoms. The summed E-state index contributed by atoms with van der Waals surface area (Å²) in [5, 5.41) is 7.36. The Morgan fingerprint density at radius 3 is 2.51 bits per heavy atom. The van der Waals surface area contributed by atoms with Gasteiger partial charge in [-0.1, -0.05) is 49.8 Å². The number of carbonyl (C=O) groups excluding carboxylic acids is 2. The van der Waals surface area contributed by atoms with Gasteiger partial charge in [0.25, 0.3) is 0 Å². The number of methoxy groups -OCH3 is 2. The predicted octanol–water partition coefficient (Wildman–Crippen LogP) is 8.19. The fourth-order valence-electron chi connectivity index (χ4n) is 6.46. The van der Waals surface area contributed by atoms with Gasteiger partial charge in [0.2, 0.25) is 0 Å². The van der Waals surface area contributed by atoms with Crippen LogP contribution >= 0.6 is 0 Å². The lowest BCUT2D eigenvalue weighted by Crippen LogP contribution is -2.38. The van der Waals surface area contributed by atoms with Crippen LogP contribution in [0.2, 0.25) is 0 Å². The maximum absolute atomic E-state index is 12.8. The summed E-state index contributed by atoms with van der Waals surface area (Å²) in [5.74, 6) is 3.88. The van der Waals surface area contributed by atoms with E-state index in [4.69, 9.17) is 28.7 Å². The van der Waals surface area contributed by atoms with Crippen LogP contribution in [0.4, 0.5) is 4.79 Å². The molecule has 0 radical (unpaired) electrons. The van der Waals surface area contributed by atoms with Gasteiger partial charge in [0, 0.05) is 30.1 Å². The fraction of sp³-hybridized carbons (Fsp3) is 0.425. The van der Waals surface area contributed by atoms with Crippen molar-refractivity contribution >= 4 is 23.8 Å². The second-order valence-corrected chi connectivity index (χ2v) is 12.6. The first-order chi connectivity index (χ1) is 23.9. The SMILES string of the molecule is C=O.CC/C=C(\CC1C=CC=C(CNC)C1)Oc1ccnc2cc(C(CC)CC3(NC(=O)OCc4ccc(OC)cc4)CC3)c(OC)cc12. The number of carbonyl (C=O) groups is 2. The lowest BCUT2D eigenvalue weighted by Gasteiger charge is -2.25. The van der Waals surface area contributed by atoms with E-state index in [2.05, 4.69) is 60.9 Å². The molecule has 2 aromatic carbocycles. The zero-order valence-corrected chi connectivity index (χ0v) is 29.6. The van der Waals surface area contributed by atoms with Gasteiger partial charge >= 0.3 is 6.09 Å². The number of benzene rings is 2. The van der Waals surface area contributed by atoms with E-state index in [9.17, 15) is 4.79 Å². The van der Waals surface area contributed by atoms with Crippen molar-refractivity contribution in [2.24, 2.45) is 5.92 Å². The van der Waals surface area contributed by atoms with Gasteiger partial charge in [-0.2, -0.15) is 0 Å². The highest BCUT2D eigenvalue weighted by Crippen LogP contribution is 2.47. The first-order valence-corrected chi connectivity index (χ1v) is 17.1. The van der Waals surface area contributed by atoms with Crippen molar-refractivity contribution < 1.29 is 28.5 Å². The highest BCUT2D eigenvalue weighted by Gasteiger charge is 2.46. The molecule has 2 N–H and O–H groups in total. The van der Waals surface area contributed by atoms with Crippen LogP contribution in [0.3, 0.4) is 0 Å². The maximum Gasteiger partial charge on any atom is 0.407 e. The van der Waals surface area contributed by atoms with Gasteiger partial charge in [0.15, 0.2) is 0 Å². The Hall–Kier alpha value is -4.63. The average molecular weight is 670 g/mol. The highest BCUT2D eigenvalue weighted by atomic mass is 16.5. The summed E-state index contributed by atoms with van der Waals surface area (Å²) < 4.78 is 23.4. The van der Waals surface area contributed by atoms with Crippen molar-refractivity contribution in [3.05, 3.63) is 95.4 Å². The third-order valence-electron chi connectivity index (χ3n) is 9.15. The van der Waals surface area contributed by atoms with E-state index in [1.54, 1.807) is 14.2 Å². The molecule has 1 aromatic heterocycles. The van der Waals surface area contributed by atoms with E-state index in [-0.39, 0.29) is 18.1 Å². The van der Waals surface area contributed by atoms with E-state index in [0.29, 0.717) is 5.92 Å². The summed E-state index contributed by atoms with van der Waals surface area (Å²) in [7, 11) is 5.33. The molecule has 262 valence electrons. The van der Waals surface area contributed by atoms with Crippen LogP contribution < -0.4 is 24.8 Å². The number of hydrogen-bond donors (Lipinski definition) is 2. The van der Waals surface area contributed by atoms with Gasteiger partial charge in [-0.05, 0) is 105 Å². The molecule has 0 saturated heterocycles. The number of pyridine rings is 1. The summed E-state index contributed by atoms with van der Waals surface area (Å²) in [4.78, 5) is 25.6. The largest absolute Gasteiger partial charge is 0.497 e. The monoisotopic (exact) mass is 669 g/mol. The van der Waals surface area contributed by atoms with Gasteiger partial charge in [-0.25, -0.2) is 4.79 Å². The van der Waals surface area contributed by atoms with Crippen LogP contribution in [0.5, 0.6) is 17.2 Å². The second-order valence-electron chi connectivity index (χ2n) is 12.6. The molecule has 0 aliphatic heterocycles. The number of hydrogen-bond acceptors (Lipinski definition) is 8. The van der Waals surface area contributed by atoms with Crippen molar-refractivity contribution in [3.8, 4) is 17.2 Å². The minimum Gasteiger partial charge on any atom is -0.497 e. The molecular formula is C40H51N3O6. The van der Waals surface area contributed by atoms with Crippen molar-refractivity contribution in [3.63, 3.8) is 0 Å². The molecule has 2 atom stereocenters. The Balaban J connectivity index is 0.00000265. The number of aromatic nitrogens is 1. The highest BCUT2D eigenvalue weighted by molar-refractivity contribution is 5.87. The zero-order chi connectivity index (χ0) is 35.2. The molecule has 0 bridgehead atoms. The molecule has 1 saturated carbocycles. The number of allylic oxidation sites excluding steroid dienone is 5. The number of likely N-dealkylation sites (N-methyl/N-ethyl adjacent to an activating group) is 1. The number of fused-ring (bicyclic) bond motifs is 1. The third kappa shape index (κ3) is 10.2. The summed E-state index contributed by atoms with van der Waals surface area (Å²) in [6.45, 7) is 7.42. The maximum atomic E-state index is 12.8. The minimum atomic E-state index is -0.393. The standard InChI is InChI=1S/C39H49N3O5.CH2O/c1-6-9-32(21-28-10-8-11-29(20-28)25-40-3)47-36-16-19-41-35-22-33(37(45-5)23-34(35)36)30(7-2)24-39(17-18-39)42-38(43)46-26-27-12-14-31(44-4)15-13-27;1-2/h8-16,19,22-23,28,30,40H,6-7,17-18,20-21,24-26H2,1-5H3,(H,42,43);1H2/b32-9+;. The van der Waals surface area contributed by atoms with Crippen molar-refractivity contribution in [1.29, 1.82) is 0 Å². The molecule has 1 amide bonds. The lowest BCUT2D eigenvalue weighted by atomic mass is 9.87. The number of rotatable bonds is 16. The van der Waals surface area contributed by atoms with E-state index < -0.39 is 6.09 Å². The molecule has 9 nitrogen and oxygen atoms in total. The van der Waals surface area contributed by atoms with Crippen molar-refractivity contribution in [1.82, 2.24) is 15.6 Å².